The van der Waals surface area contributed by atoms with E-state index >= 15 is 0 Å². The first-order chi connectivity index (χ1) is 14.7. The summed E-state index contributed by atoms with van der Waals surface area (Å²) in [6.45, 7) is 6.01. The van der Waals surface area contributed by atoms with Gasteiger partial charge in [-0.05, 0) is 36.6 Å². The topological polar surface area (TPSA) is 75.3 Å². The molecule has 160 valence electrons. The molecule has 0 spiro atoms. The number of methoxy groups -OCH3 is 1. The molecule has 0 saturated carbocycles. The molecule has 0 aliphatic carbocycles. The van der Waals surface area contributed by atoms with Gasteiger partial charge in [-0.25, -0.2) is 4.98 Å². The van der Waals surface area contributed by atoms with Crippen molar-refractivity contribution >= 4 is 43.8 Å². The Morgan fingerprint density at radius 2 is 2.20 bits per heavy atom. The lowest BCUT2D eigenvalue weighted by Gasteiger charge is -2.13. The number of para-hydroxylation sites is 1. The van der Waals surface area contributed by atoms with Gasteiger partial charge in [-0.15, -0.1) is 22.7 Å². The molecular formula is C22H28N4O2S2. The third-order valence-electron chi connectivity index (χ3n) is 5.29. The molecule has 0 saturated heterocycles. The summed E-state index contributed by atoms with van der Waals surface area (Å²) in [5.74, 6) is 0.0306. The minimum atomic E-state index is 0.0306. The number of ether oxygens (including phenoxy) is 1. The zero-order chi connectivity index (χ0) is 20.9. The predicted molar refractivity (Wildman–Crippen MR) is 126 cm³/mol. The SMILES string of the molecule is CCc1cccc2sc(-c3c(NC(=O)CCNCCOC)sc4c3CCNC4)nc12. The number of aromatic nitrogens is 1. The second kappa shape index (κ2) is 9.98. The van der Waals surface area contributed by atoms with Gasteiger partial charge in [0.05, 0.1) is 16.8 Å². The van der Waals surface area contributed by atoms with Crippen LogP contribution in [0.2, 0.25) is 0 Å². The summed E-state index contributed by atoms with van der Waals surface area (Å²) in [6.07, 6.45) is 2.36. The van der Waals surface area contributed by atoms with Crippen LogP contribution in [-0.4, -0.2) is 44.2 Å². The average Bonchev–Trinajstić information content (AvgIpc) is 3.33. The smallest absolute Gasteiger partial charge is 0.226 e. The number of hydrogen-bond donors (Lipinski definition) is 3. The molecule has 1 aromatic carbocycles. The van der Waals surface area contributed by atoms with Gasteiger partial charge in [-0.3, -0.25) is 4.79 Å². The number of carbonyl (C=O) groups is 1. The first-order valence-electron chi connectivity index (χ1n) is 10.4. The number of fused-ring (bicyclic) bond motifs is 2. The Hall–Kier alpha value is -1.84. The van der Waals surface area contributed by atoms with Crippen LogP contribution in [0.15, 0.2) is 18.2 Å². The van der Waals surface area contributed by atoms with Gasteiger partial charge in [0.15, 0.2) is 0 Å². The van der Waals surface area contributed by atoms with Crippen molar-refractivity contribution < 1.29 is 9.53 Å². The Morgan fingerprint density at radius 3 is 3.03 bits per heavy atom. The summed E-state index contributed by atoms with van der Waals surface area (Å²) in [5, 5.41) is 11.8. The van der Waals surface area contributed by atoms with Gasteiger partial charge in [-0.2, -0.15) is 0 Å². The standard InChI is InChI=1S/C22H28N4O2S2/c1-3-14-5-4-6-16-20(14)26-22(29-16)19-15-7-9-24-13-17(15)30-21(19)25-18(27)8-10-23-11-12-28-2/h4-6,23-24H,3,7-13H2,1-2H3,(H,25,27). The van der Waals surface area contributed by atoms with E-state index in [2.05, 4.69) is 41.1 Å². The Bertz CT molecular complexity index is 1030. The summed E-state index contributed by atoms with van der Waals surface area (Å²) < 4.78 is 6.23. The van der Waals surface area contributed by atoms with Gasteiger partial charge >= 0.3 is 0 Å². The lowest BCUT2D eigenvalue weighted by molar-refractivity contribution is -0.116. The summed E-state index contributed by atoms with van der Waals surface area (Å²) in [4.78, 5) is 18.9. The largest absolute Gasteiger partial charge is 0.383 e. The highest BCUT2D eigenvalue weighted by atomic mass is 32.1. The second-order valence-corrected chi connectivity index (χ2v) is 9.45. The Labute approximate surface area is 185 Å². The number of hydrogen-bond acceptors (Lipinski definition) is 7. The van der Waals surface area contributed by atoms with E-state index in [4.69, 9.17) is 9.72 Å². The number of anilines is 1. The maximum Gasteiger partial charge on any atom is 0.226 e. The van der Waals surface area contributed by atoms with E-state index < -0.39 is 0 Å². The lowest BCUT2D eigenvalue weighted by atomic mass is 10.0. The van der Waals surface area contributed by atoms with E-state index in [9.17, 15) is 4.79 Å². The summed E-state index contributed by atoms with van der Waals surface area (Å²) >= 11 is 3.41. The molecule has 0 bridgehead atoms. The number of thiophene rings is 1. The number of aryl methyl sites for hydroxylation is 1. The third-order valence-corrected chi connectivity index (χ3v) is 7.48. The number of rotatable bonds is 9. The van der Waals surface area contributed by atoms with Crippen LogP contribution >= 0.6 is 22.7 Å². The van der Waals surface area contributed by atoms with Crippen LogP contribution in [0.4, 0.5) is 5.00 Å². The summed E-state index contributed by atoms with van der Waals surface area (Å²) in [5.41, 5.74) is 4.83. The quantitative estimate of drug-likeness (QED) is 0.438. The molecule has 30 heavy (non-hydrogen) atoms. The Kier molecular flexibility index (Phi) is 7.12. The fourth-order valence-corrected chi connectivity index (χ4v) is 6.13. The molecular weight excluding hydrogens is 416 g/mol. The number of amides is 1. The van der Waals surface area contributed by atoms with E-state index in [-0.39, 0.29) is 5.91 Å². The highest BCUT2D eigenvalue weighted by Gasteiger charge is 2.25. The minimum Gasteiger partial charge on any atom is -0.383 e. The molecule has 6 nitrogen and oxygen atoms in total. The molecule has 0 atom stereocenters. The fraction of sp³-hybridized carbons (Fsp3) is 0.455. The van der Waals surface area contributed by atoms with Crippen LogP contribution in [0.25, 0.3) is 20.8 Å². The van der Waals surface area contributed by atoms with Crippen molar-refractivity contribution in [1.29, 1.82) is 0 Å². The molecule has 8 heteroatoms. The monoisotopic (exact) mass is 444 g/mol. The molecule has 4 rings (SSSR count). The number of nitrogens with one attached hydrogen (secondary N) is 3. The van der Waals surface area contributed by atoms with Gasteiger partial charge < -0.3 is 20.7 Å². The molecule has 3 heterocycles. The van der Waals surface area contributed by atoms with Crippen molar-refractivity contribution in [3.8, 4) is 10.6 Å². The van der Waals surface area contributed by atoms with Crippen molar-refractivity contribution in [1.82, 2.24) is 15.6 Å². The van der Waals surface area contributed by atoms with E-state index in [1.165, 1.54) is 20.7 Å². The molecule has 1 aliphatic heterocycles. The van der Waals surface area contributed by atoms with Crippen LogP contribution in [0.3, 0.4) is 0 Å². The first kappa shape index (κ1) is 21.4. The van der Waals surface area contributed by atoms with Gasteiger partial charge in [0.25, 0.3) is 0 Å². The molecule has 0 radical (unpaired) electrons. The van der Waals surface area contributed by atoms with E-state index in [1.54, 1.807) is 29.8 Å². The van der Waals surface area contributed by atoms with Crippen LogP contribution in [0, 0.1) is 0 Å². The second-order valence-electron chi connectivity index (χ2n) is 7.31. The van der Waals surface area contributed by atoms with E-state index in [0.717, 1.165) is 53.6 Å². The highest BCUT2D eigenvalue weighted by molar-refractivity contribution is 7.23. The Balaban J connectivity index is 1.61. The normalized spacial score (nSPS) is 13.5. The molecule has 1 aliphatic rings. The van der Waals surface area contributed by atoms with Crippen LogP contribution in [-0.2, 0) is 28.9 Å². The van der Waals surface area contributed by atoms with Crippen molar-refractivity contribution in [2.24, 2.45) is 0 Å². The van der Waals surface area contributed by atoms with Gasteiger partial charge in [-0.1, -0.05) is 19.1 Å². The predicted octanol–water partition coefficient (Wildman–Crippen LogP) is 3.80. The van der Waals surface area contributed by atoms with Crippen molar-refractivity contribution in [2.75, 3.05) is 38.7 Å². The minimum absolute atomic E-state index is 0.0306. The Morgan fingerprint density at radius 1 is 1.30 bits per heavy atom. The van der Waals surface area contributed by atoms with Crippen LogP contribution < -0.4 is 16.0 Å². The molecule has 0 unspecified atom stereocenters. The van der Waals surface area contributed by atoms with Gasteiger partial charge in [0, 0.05) is 43.6 Å². The first-order valence-corrected chi connectivity index (χ1v) is 12.1. The van der Waals surface area contributed by atoms with Gasteiger partial charge in [0.2, 0.25) is 5.91 Å². The molecule has 0 fully saturated rings. The highest BCUT2D eigenvalue weighted by Crippen LogP contribution is 2.45. The van der Waals surface area contributed by atoms with Crippen molar-refractivity contribution in [2.45, 2.75) is 32.7 Å². The van der Waals surface area contributed by atoms with Crippen LogP contribution in [0.1, 0.15) is 29.3 Å². The number of nitrogens with zero attached hydrogens (tertiary/aromatic N) is 1. The molecule has 3 N–H and O–H groups in total. The zero-order valence-electron chi connectivity index (χ0n) is 17.5. The fourth-order valence-electron chi connectivity index (χ4n) is 3.74. The molecule has 3 aromatic rings. The van der Waals surface area contributed by atoms with Crippen LogP contribution in [0.5, 0.6) is 0 Å². The van der Waals surface area contributed by atoms with Gasteiger partial charge in [0.1, 0.15) is 10.0 Å². The third kappa shape index (κ3) is 4.58. The molecule has 1 amide bonds. The van der Waals surface area contributed by atoms with Crippen molar-refractivity contribution in [3.63, 3.8) is 0 Å². The molecule has 2 aromatic heterocycles. The zero-order valence-corrected chi connectivity index (χ0v) is 19.1. The summed E-state index contributed by atoms with van der Waals surface area (Å²) in [7, 11) is 1.68. The lowest BCUT2D eigenvalue weighted by Crippen LogP contribution is -2.24. The number of thiazole rings is 1. The maximum atomic E-state index is 12.6. The maximum absolute atomic E-state index is 12.6. The average molecular weight is 445 g/mol. The van der Waals surface area contributed by atoms with E-state index in [1.807, 2.05) is 0 Å². The van der Waals surface area contributed by atoms with E-state index in [0.29, 0.717) is 19.6 Å². The summed E-state index contributed by atoms with van der Waals surface area (Å²) in [6, 6.07) is 6.40. The number of benzene rings is 1. The van der Waals surface area contributed by atoms with Crippen molar-refractivity contribution in [3.05, 3.63) is 34.2 Å². The number of carbonyl (C=O) groups excluding carboxylic acids is 1.